The van der Waals surface area contributed by atoms with E-state index in [1.54, 1.807) is 11.3 Å². The molecule has 2 aromatic heterocycles. The summed E-state index contributed by atoms with van der Waals surface area (Å²) < 4.78 is 0. The van der Waals surface area contributed by atoms with Crippen LogP contribution in [0, 0.1) is 0 Å². The van der Waals surface area contributed by atoms with Crippen molar-refractivity contribution in [3.05, 3.63) is 10.3 Å². The van der Waals surface area contributed by atoms with E-state index in [2.05, 4.69) is 29.2 Å². The van der Waals surface area contributed by atoms with Gasteiger partial charge in [-0.1, -0.05) is 13.8 Å². The van der Waals surface area contributed by atoms with E-state index < -0.39 is 0 Å². The molecule has 0 radical (unpaired) electrons. The van der Waals surface area contributed by atoms with E-state index in [0.717, 1.165) is 11.0 Å². The molecule has 0 aliphatic rings. The van der Waals surface area contributed by atoms with Crippen molar-refractivity contribution < 1.29 is 0 Å². The highest BCUT2D eigenvalue weighted by molar-refractivity contribution is 7.11. The van der Waals surface area contributed by atoms with Gasteiger partial charge in [-0.2, -0.15) is 0 Å². The van der Waals surface area contributed by atoms with Crippen molar-refractivity contribution in [2.24, 2.45) is 0 Å². The van der Waals surface area contributed by atoms with Gasteiger partial charge in [-0.15, -0.1) is 11.3 Å². The lowest BCUT2D eigenvalue weighted by molar-refractivity contribution is 0.895. The zero-order valence-corrected chi connectivity index (χ0v) is 7.90. The molecule has 0 atom stereocenters. The highest BCUT2D eigenvalue weighted by atomic mass is 32.1. The largest absolute Gasteiger partial charge is 0.369 e. The molecule has 0 bridgehead atoms. The topological polar surface area (TPSA) is 54.7 Å². The molecular weight excluding hydrogens is 170 g/mol. The molecule has 0 aliphatic heterocycles. The van der Waals surface area contributed by atoms with Gasteiger partial charge in [0.05, 0.1) is 5.52 Å². The molecule has 0 spiro atoms. The Hall–Kier alpha value is -1.03. The summed E-state index contributed by atoms with van der Waals surface area (Å²) in [5.41, 5.74) is 7.63. The maximum absolute atomic E-state index is 5.54. The van der Waals surface area contributed by atoms with Gasteiger partial charge in [0.25, 0.3) is 0 Å². The average molecular weight is 181 g/mol. The third kappa shape index (κ3) is 0.992. The smallest absolute Gasteiger partial charge is 0.198 e. The first-order valence-corrected chi connectivity index (χ1v) is 4.79. The maximum Gasteiger partial charge on any atom is 0.198 e. The van der Waals surface area contributed by atoms with Crippen LogP contribution in [0.4, 0.5) is 5.95 Å². The summed E-state index contributed by atoms with van der Waals surface area (Å²) in [6, 6.07) is 0. The van der Waals surface area contributed by atoms with Gasteiger partial charge in [0, 0.05) is 10.3 Å². The summed E-state index contributed by atoms with van der Waals surface area (Å²) in [7, 11) is 0. The van der Waals surface area contributed by atoms with Gasteiger partial charge in [-0.25, -0.2) is 4.98 Å². The molecule has 2 heterocycles. The first-order valence-electron chi connectivity index (χ1n) is 3.91. The number of anilines is 1. The Kier molecular flexibility index (Phi) is 1.58. The molecule has 64 valence electrons. The molecule has 2 aromatic rings. The van der Waals surface area contributed by atoms with E-state index in [9.17, 15) is 0 Å². The lowest BCUT2D eigenvalue weighted by Gasteiger charge is -1.97. The molecule has 2 rings (SSSR count). The Morgan fingerprint density at radius 2 is 2.33 bits per heavy atom. The van der Waals surface area contributed by atoms with Crippen molar-refractivity contribution in [1.82, 2.24) is 9.97 Å². The SMILES string of the molecule is CC(C)c1scc2[nH]c(N)nc12. The van der Waals surface area contributed by atoms with Crippen LogP contribution in [0.15, 0.2) is 5.38 Å². The van der Waals surface area contributed by atoms with Crippen LogP contribution in [0.2, 0.25) is 0 Å². The molecule has 0 saturated carbocycles. The summed E-state index contributed by atoms with van der Waals surface area (Å²) in [5, 5.41) is 2.06. The number of aromatic amines is 1. The second kappa shape index (κ2) is 2.48. The normalized spacial score (nSPS) is 11.6. The number of aromatic nitrogens is 2. The fraction of sp³-hybridized carbons (Fsp3) is 0.375. The van der Waals surface area contributed by atoms with Gasteiger partial charge < -0.3 is 10.7 Å². The summed E-state index contributed by atoms with van der Waals surface area (Å²) in [4.78, 5) is 8.54. The number of hydrogen-bond acceptors (Lipinski definition) is 3. The van der Waals surface area contributed by atoms with Gasteiger partial charge in [-0.3, -0.25) is 0 Å². The zero-order chi connectivity index (χ0) is 8.72. The lowest BCUT2D eigenvalue weighted by atomic mass is 10.2. The van der Waals surface area contributed by atoms with Crippen molar-refractivity contribution in [1.29, 1.82) is 0 Å². The monoisotopic (exact) mass is 181 g/mol. The van der Waals surface area contributed by atoms with Gasteiger partial charge in [0.2, 0.25) is 0 Å². The molecule has 0 aliphatic carbocycles. The Morgan fingerprint density at radius 3 is 3.00 bits per heavy atom. The van der Waals surface area contributed by atoms with E-state index in [-0.39, 0.29) is 0 Å². The summed E-state index contributed by atoms with van der Waals surface area (Å²) in [6.45, 7) is 4.33. The fourth-order valence-electron chi connectivity index (χ4n) is 1.27. The average Bonchev–Trinajstić information content (AvgIpc) is 2.43. The van der Waals surface area contributed by atoms with E-state index >= 15 is 0 Å². The highest BCUT2D eigenvalue weighted by Gasteiger charge is 2.10. The lowest BCUT2D eigenvalue weighted by Crippen LogP contribution is -1.86. The molecule has 3 nitrogen and oxygen atoms in total. The summed E-state index contributed by atoms with van der Waals surface area (Å²) in [5.74, 6) is 1.03. The Balaban J connectivity index is 2.68. The Labute approximate surface area is 74.6 Å². The molecule has 0 unspecified atom stereocenters. The minimum atomic E-state index is 0.509. The van der Waals surface area contributed by atoms with Crippen molar-refractivity contribution >= 4 is 28.3 Å². The van der Waals surface area contributed by atoms with Crippen LogP contribution in [0.25, 0.3) is 11.0 Å². The third-order valence-electron chi connectivity index (χ3n) is 1.81. The number of nitrogen functional groups attached to an aromatic ring is 1. The van der Waals surface area contributed by atoms with Crippen LogP contribution in [-0.2, 0) is 0 Å². The zero-order valence-electron chi connectivity index (χ0n) is 7.09. The van der Waals surface area contributed by atoms with Gasteiger partial charge >= 0.3 is 0 Å². The van der Waals surface area contributed by atoms with E-state index in [1.807, 2.05) is 0 Å². The molecule has 0 aromatic carbocycles. The molecular formula is C8H11N3S. The molecule has 3 N–H and O–H groups in total. The number of H-pyrrole nitrogens is 1. The van der Waals surface area contributed by atoms with Crippen LogP contribution >= 0.6 is 11.3 Å². The molecule has 4 heteroatoms. The van der Waals surface area contributed by atoms with Crippen molar-refractivity contribution in [2.75, 3.05) is 5.73 Å². The van der Waals surface area contributed by atoms with Crippen LogP contribution in [0.3, 0.4) is 0 Å². The van der Waals surface area contributed by atoms with Gasteiger partial charge in [0.15, 0.2) is 5.95 Å². The Bertz CT molecular complexity index is 399. The van der Waals surface area contributed by atoms with Crippen LogP contribution in [0.1, 0.15) is 24.6 Å². The molecule has 0 saturated heterocycles. The van der Waals surface area contributed by atoms with Crippen molar-refractivity contribution in [3.8, 4) is 0 Å². The number of imidazole rings is 1. The number of nitrogens with zero attached hydrogens (tertiary/aromatic N) is 1. The van der Waals surface area contributed by atoms with Crippen LogP contribution in [-0.4, -0.2) is 9.97 Å². The summed E-state index contributed by atoms with van der Waals surface area (Å²) in [6.07, 6.45) is 0. The third-order valence-corrected chi connectivity index (χ3v) is 3.08. The molecule has 12 heavy (non-hydrogen) atoms. The standard InChI is InChI=1S/C8H11N3S/c1-4(2)7-6-5(3-12-7)10-8(9)11-6/h3-4H,1-2H3,(H3,9,10,11). The Morgan fingerprint density at radius 1 is 1.58 bits per heavy atom. The number of rotatable bonds is 1. The quantitative estimate of drug-likeness (QED) is 0.709. The predicted molar refractivity (Wildman–Crippen MR) is 52.5 cm³/mol. The molecule has 0 fully saturated rings. The number of nitrogens with two attached hydrogens (primary N) is 1. The minimum Gasteiger partial charge on any atom is -0.369 e. The van der Waals surface area contributed by atoms with Crippen LogP contribution in [0.5, 0.6) is 0 Å². The number of fused-ring (bicyclic) bond motifs is 1. The van der Waals surface area contributed by atoms with Crippen molar-refractivity contribution in [2.45, 2.75) is 19.8 Å². The first kappa shape index (κ1) is 7.61. The van der Waals surface area contributed by atoms with Crippen molar-refractivity contribution in [3.63, 3.8) is 0 Å². The number of thiophene rings is 1. The minimum absolute atomic E-state index is 0.509. The van der Waals surface area contributed by atoms with E-state index in [1.165, 1.54) is 4.88 Å². The second-order valence-corrected chi connectivity index (χ2v) is 4.05. The van der Waals surface area contributed by atoms with E-state index in [4.69, 9.17) is 5.73 Å². The number of hydrogen-bond donors (Lipinski definition) is 2. The number of nitrogens with one attached hydrogen (secondary N) is 1. The van der Waals surface area contributed by atoms with Gasteiger partial charge in [-0.05, 0) is 5.92 Å². The fourth-order valence-corrected chi connectivity index (χ4v) is 2.22. The predicted octanol–water partition coefficient (Wildman–Crippen LogP) is 2.33. The molecule has 0 amide bonds. The van der Waals surface area contributed by atoms with E-state index in [0.29, 0.717) is 11.9 Å². The first-order chi connectivity index (χ1) is 5.68. The summed E-state index contributed by atoms with van der Waals surface area (Å²) >= 11 is 1.74. The highest BCUT2D eigenvalue weighted by Crippen LogP contribution is 2.30. The van der Waals surface area contributed by atoms with Gasteiger partial charge in [0.1, 0.15) is 5.52 Å². The van der Waals surface area contributed by atoms with Crippen LogP contribution < -0.4 is 5.73 Å². The second-order valence-electron chi connectivity index (χ2n) is 3.14. The maximum atomic E-state index is 5.54.